The summed E-state index contributed by atoms with van der Waals surface area (Å²) in [6.45, 7) is 0.440. The van der Waals surface area contributed by atoms with E-state index >= 15 is 0 Å². The number of hydrogen-bond donors (Lipinski definition) is 3. The van der Waals surface area contributed by atoms with Gasteiger partial charge < -0.3 is 16.2 Å². The Balaban J connectivity index is 2.22. The van der Waals surface area contributed by atoms with E-state index in [1.165, 1.54) is 0 Å². The molecule has 88 valence electrons. The predicted molar refractivity (Wildman–Crippen MR) is 60.9 cm³/mol. The fourth-order valence-corrected chi connectivity index (χ4v) is 1.87. The summed E-state index contributed by atoms with van der Waals surface area (Å²) in [4.78, 5) is 22.9. The van der Waals surface area contributed by atoms with E-state index in [4.69, 9.17) is 5.73 Å². The maximum Gasteiger partial charge on any atom is 0.249 e. The molecule has 0 radical (unpaired) electrons. The molecule has 1 rings (SSSR count). The van der Waals surface area contributed by atoms with Crippen LogP contribution in [0.15, 0.2) is 17.5 Å². The van der Waals surface area contributed by atoms with Crippen molar-refractivity contribution in [1.82, 2.24) is 5.32 Å². The van der Waals surface area contributed by atoms with Crippen LogP contribution in [0.5, 0.6) is 0 Å². The van der Waals surface area contributed by atoms with E-state index in [1.807, 2.05) is 17.5 Å². The maximum atomic E-state index is 11.2. The molecule has 1 aromatic heterocycles. The van der Waals surface area contributed by atoms with Crippen LogP contribution in [0.1, 0.15) is 11.3 Å². The van der Waals surface area contributed by atoms with Gasteiger partial charge in [0.05, 0.1) is 6.42 Å². The minimum Gasteiger partial charge on any atom is -0.383 e. The molecular formula is C10H14N2O3S. The second-order valence-corrected chi connectivity index (χ2v) is 4.34. The number of hydrogen-bond acceptors (Lipinski definition) is 4. The largest absolute Gasteiger partial charge is 0.383 e. The summed E-state index contributed by atoms with van der Waals surface area (Å²) >= 11 is 1.61. The molecular weight excluding hydrogens is 228 g/mol. The number of carbonyl (C=O) groups excluding carboxylic acids is 2. The number of amides is 2. The lowest BCUT2D eigenvalue weighted by Crippen LogP contribution is -2.38. The fourth-order valence-electron chi connectivity index (χ4n) is 1.16. The minimum atomic E-state index is -1.35. The van der Waals surface area contributed by atoms with Crippen LogP contribution < -0.4 is 11.1 Å². The van der Waals surface area contributed by atoms with Gasteiger partial charge in [-0.3, -0.25) is 9.59 Å². The Kier molecular flexibility index (Phi) is 4.94. The molecule has 1 aromatic rings. The first-order valence-electron chi connectivity index (χ1n) is 4.86. The fraction of sp³-hybridized carbons (Fsp3) is 0.400. The molecule has 0 aliphatic carbocycles. The summed E-state index contributed by atoms with van der Waals surface area (Å²) in [6, 6.07) is 3.90. The Morgan fingerprint density at radius 2 is 2.31 bits per heavy atom. The van der Waals surface area contributed by atoms with Gasteiger partial charge in [0.2, 0.25) is 11.8 Å². The van der Waals surface area contributed by atoms with Gasteiger partial charge >= 0.3 is 0 Å². The highest BCUT2D eigenvalue weighted by atomic mass is 32.1. The summed E-state index contributed by atoms with van der Waals surface area (Å²) < 4.78 is 0. The van der Waals surface area contributed by atoms with Gasteiger partial charge in [-0.15, -0.1) is 11.3 Å². The highest BCUT2D eigenvalue weighted by Crippen LogP contribution is 2.08. The van der Waals surface area contributed by atoms with Crippen molar-refractivity contribution in [2.24, 2.45) is 5.73 Å². The quantitative estimate of drug-likeness (QED) is 0.636. The van der Waals surface area contributed by atoms with E-state index in [1.54, 1.807) is 11.3 Å². The van der Waals surface area contributed by atoms with E-state index in [-0.39, 0.29) is 6.42 Å². The Hall–Kier alpha value is -1.40. The number of primary amides is 1. The third-order valence-corrected chi connectivity index (χ3v) is 2.88. The second-order valence-electron chi connectivity index (χ2n) is 3.31. The summed E-state index contributed by atoms with van der Waals surface area (Å²) in [6.07, 6.45) is -0.974. The number of aliphatic hydroxyl groups excluding tert-OH is 1. The van der Waals surface area contributed by atoms with E-state index in [0.717, 1.165) is 4.88 Å². The molecule has 0 saturated heterocycles. The first kappa shape index (κ1) is 12.7. The predicted octanol–water partition coefficient (Wildman–Crippen LogP) is -0.357. The van der Waals surface area contributed by atoms with Crippen molar-refractivity contribution >= 4 is 23.2 Å². The van der Waals surface area contributed by atoms with Crippen LogP contribution in [-0.4, -0.2) is 29.6 Å². The zero-order valence-electron chi connectivity index (χ0n) is 8.68. The third-order valence-electron chi connectivity index (χ3n) is 1.95. The van der Waals surface area contributed by atoms with Gasteiger partial charge in [-0.2, -0.15) is 0 Å². The molecule has 1 heterocycles. The zero-order chi connectivity index (χ0) is 12.0. The number of rotatable bonds is 6. The SMILES string of the molecule is NC(=O)CC(O)C(=O)NCCc1cccs1. The molecule has 1 unspecified atom stereocenters. The number of nitrogens with one attached hydrogen (secondary N) is 1. The number of aliphatic hydroxyl groups is 1. The first-order valence-corrected chi connectivity index (χ1v) is 5.74. The number of nitrogens with two attached hydrogens (primary N) is 1. The standard InChI is InChI=1S/C10H14N2O3S/c11-9(14)6-8(13)10(15)12-4-3-7-2-1-5-16-7/h1-2,5,8,13H,3-4,6H2,(H2,11,14)(H,12,15). The maximum absolute atomic E-state index is 11.2. The number of carbonyl (C=O) groups is 2. The van der Waals surface area contributed by atoms with Crippen molar-refractivity contribution in [1.29, 1.82) is 0 Å². The molecule has 5 nitrogen and oxygen atoms in total. The molecule has 0 aromatic carbocycles. The third kappa shape index (κ3) is 4.41. The first-order chi connectivity index (χ1) is 7.59. The zero-order valence-corrected chi connectivity index (χ0v) is 9.50. The van der Waals surface area contributed by atoms with E-state index in [2.05, 4.69) is 5.32 Å². The highest BCUT2D eigenvalue weighted by molar-refractivity contribution is 7.09. The summed E-state index contributed by atoms with van der Waals surface area (Å²) in [5.74, 6) is -1.25. The summed E-state index contributed by atoms with van der Waals surface area (Å²) in [5.41, 5.74) is 4.86. The van der Waals surface area contributed by atoms with Gasteiger partial charge in [0.25, 0.3) is 0 Å². The van der Waals surface area contributed by atoms with Gasteiger partial charge in [0, 0.05) is 11.4 Å². The van der Waals surface area contributed by atoms with Crippen molar-refractivity contribution < 1.29 is 14.7 Å². The molecule has 0 aliphatic rings. The van der Waals surface area contributed by atoms with Crippen LogP contribution in [0, 0.1) is 0 Å². The molecule has 6 heteroatoms. The van der Waals surface area contributed by atoms with E-state index in [0.29, 0.717) is 13.0 Å². The minimum absolute atomic E-state index is 0.342. The van der Waals surface area contributed by atoms with Crippen LogP contribution in [-0.2, 0) is 16.0 Å². The van der Waals surface area contributed by atoms with Crippen LogP contribution in [0.2, 0.25) is 0 Å². The van der Waals surface area contributed by atoms with Gasteiger partial charge in [-0.25, -0.2) is 0 Å². The Morgan fingerprint density at radius 3 is 2.88 bits per heavy atom. The molecule has 0 bridgehead atoms. The Bertz CT molecular complexity index is 351. The Morgan fingerprint density at radius 1 is 1.56 bits per heavy atom. The van der Waals surface area contributed by atoms with Gasteiger partial charge in [0.15, 0.2) is 0 Å². The van der Waals surface area contributed by atoms with Crippen LogP contribution >= 0.6 is 11.3 Å². The average Bonchev–Trinajstić information content (AvgIpc) is 2.69. The van der Waals surface area contributed by atoms with Crippen LogP contribution in [0.25, 0.3) is 0 Å². The van der Waals surface area contributed by atoms with Gasteiger partial charge in [-0.05, 0) is 17.9 Å². The molecule has 0 spiro atoms. The summed E-state index contributed by atoms with van der Waals surface area (Å²) in [7, 11) is 0. The lowest BCUT2D eigenvalue weighted by atomic mass is 10.2. The molecule has 1 atom stereocenters. The molecule has 16 heavy (non-hydrogen) atoms. The van der Waals surface area contributed by atoms with Gasteiger partial charge in [-0.1, -0.05) is 6.07 Å². The lowest BCUT2D eigenvalue weighted by molar-refractivity contribution is -0.133. The van der Waals surface area contributed by atoms with Gasteiger partial charge in [0.1, 0.15) is 6.10 Å². The average molecular weight is 242 g/mol. The molecule has 0 aliphatic heterocycles. The molecule has 0 saturated carbocycles. The van der Waals surface area contributed by atoms with E-state index in [9.17, 15) is 14.7 Å². The summed E-state index contributed by atoms with van der Waals surface area (Å²) in [5, 5.41) is 13.7. The van der Waals surface area contributed by atoms with Crippen molar-refractivity contribution in [2.45, 2.75) is 18.9 Å². The van der Waals surface area contributed by atoms with Crippen LogP contribution in [0.3, 0.4) is 0 Å². The highest BCUT2D eigenvalue weighted by Gasteiger charge is 2.16. The Labute approximate surface area is 97.3 Å². The molecule has 2 amide bonds. The normalized spacial score (nSPS) is 12.1. The van der Waals surface area contributed by atoms with Crippen molar-refractivity contribution in [3.8, 4) is 0 Å². The second kappa shape index (κ2) is 6.24. The number of thiophene rings is 1. The smallest absolute Gasteiger partial charge is 0.249 e. The van der Waals surface area contributed by atoms with Crippen LogP contribution in [0.4, 0.5) is 0 Å². The molecule has 0 fully saturated rings. The van der Waals surface area contributed by atoms with E-state index < -0.39 is 17.9 Å². The topological polar surface area (TPSA) is 92.4 Å². The molecule has 4 N–H and O–H groups in total. The van der Waals surface area contributed by atoms with Crippen molar-refractivity contribution in [3.05, 3.63) is 22.4 Å². The van der Waals surface area contributed by atoms with Crippen molar-refractivity contribution in [3.63, 3.8) is 0 Å². The monoisotopic (exact) mass is 242 g/mol. The van der Waals surface area contributed by atoms with Crippen molar-refractivity contribution in [2.75, 3.05) is 6.54 Å². The lowest BCUT2D eigenvalue weighted by Gasteiger charge is -2.08.